The van der Waals surface area contributed by atoms with Gasteiger partial charge < -0.3 is 4.90 Å². The van der Waals surface area contributed by atoms with Crippen LogP contribution in [0.1, 0.15) is 81.7 Å². The summed E-state index contributed by atoms with van der Waals surface area (Å²) in [4.78, 5) is 2.41. The molecule has 1 nitrogen and oxygen atoms in total. The number of nitrogens with zero attached hydrogens (tertiary/aromatic N) is 1. The van der Waals surface area contributed by atoms with E-state index in [-0.39, 0.29) is 0 Å². The zero-order valence-electron chi connectivity index (χ0n) is 19.8. The monoisotopic (exact) mass is 401 g/mol. The predicted molar refractivity (Wildman–Crippen MR) is 133 cm³/mol. The molecule has 3 rings (SSSR count). The molecule has 0 radical (unpaired) electrons. The van der Waals surface area contributed by atoms with Gasteiger partial charge in [0, 0.05) is 12.7 Å². The lowest BCUT2D eigenvalue weighted by atomic mass is 9.93. The Hall–Kier alpha value is -2.28. The normalized spacial score (nSPS) is 15.9. The van der Waals surface area contributed by atoms with Crippen molar-refractivity contribution in [3.05, 3.63) is 82.4 Å². The minimum absolute atomic E-state index is 0.339. The lowest BCUT2D eigenvalue weighted by Crippen LogP contribution is -2.21. The smallest absolute Gasteiger partial charge is 0.0511 e. The van der Waals surface area contributed by atoms with Crippen molar-refractivity contribution in [3.8, 4) is 0 Å². The van der Waals surface area contributed by atoms with Crippen LogP contribution in [0.3, 0.4) is 0 Å². The molecule has 1 fully saturated rings. The lowest BCUT2D eigenvalue weighted by molar-refractivity contribution is 0.738. The van der Waals surface area contributed by atoms with Gasteiger partial charge in [-0.3, -0.25) is 0 Å². The molecule has 1 saturated carbocycles. The fourth-order valence-electron chi connectivity index (χ4n) is 4.28. The molecule has 1 heteroatoms. The summed E-state index contributed by atoms with van der Waals surface area (Å²) < 4.78 is 0. The molecule has 30 heavy (non-hydrogen) atoms. The Morgan fingerprint density at radius 3 is 2.40 bits per heavy atom. The third kappa shape index (κ3) is 5.45. The highest BCUT2D eigenvalue weighted by molar-refractivity contribution is 5.76. The minimum Gasteiger partial charge on any atom is -0.368 e. The van der Waals surface area contributed by atoms with Crippen molar-refractivity contribution in [3.63, 3.8) is 0 Å². The molecule has 0 saturated heterocycles. The van der Waals surface area contributed by atoms with E-state index in [1.165, 1.54) is 58.3 Å². The van der Waals surface area contributed by atoms with E-state index in [1.54, 1.807) is 0 Å². The summed E-state index contributed by atoms with van der Waals surface area (Å²) in [5.74, 6) is 0.730. The van der Waals surface area contributed by atoms with Crippen molar-refractivity contribution in [2.45, 2.75) is 72.8 Å². The Morgan fingerprint density at radius 2 is 1.80 bits per heavy atom. The maximum atomic E-state index is 2.43. The van der Waals surface area contributed by atoms with Crippen molar-refractivity contribution in [1.29, 1.82) is 0 Å². The quantitative estimate of drug-likeness (QED) is 0.382. The third-order valence-electron chi connectivity index (χ3n) is 6.45. The topological polar surface area (TPSA) is 3.24 Å². The highest BCUT2D eigenvalue weighted by Crippen LogP contribution is 2.44. The largest absolute Gasteiger partial charge is 0.368 e. The van der Waals surface area contributed by atoms with Crippen LogP contribution >= 0.6 is 0 Å². The summed E-state index contributed by atoms with van der Waals surface area (Å²) >= 11 is 0. The fraction of sp³-hybridized carbons (Fsp3) is 0.448. The predicted octanol–water partition coefficient (Wildman–Crippen LogP) is 8.29. The first-order valence-corrected chi connectivity index (χ1v) is 11.8. The van der Waals surface area contributed by atoms with E-state index >= 15 is 0 Å². The summed E-state index contributed by atoms with van der Waals surface area (Å²) in [7, 11) is 2.22. The molecule has 0 heterocycles. The van der Waals surface area contributed by atoms with Gasteiger partial charge in [0.15, 0.2) is 0 Å². The molecule has 1 aliphatic carbocycles. The zero-order valence-corrected chi connectivity index (χ0v) is 19.8. The van der Waals surface area contributed by atoms with Gasteiger partial charge in [0.2, 0.25) is 0 Å². The van der Waals surface area contributed by atoms with Crippen LogP contribution in [0.4, 0.5) is 5.69 Å². The summed E-state index contributed by atoms with van der Waals surface area (Å²) in [6.45, 7) is 11.3. The van der Waals surface area contributed by atoms with E-state index < -0.39 is 0 Å². The number of allylic oxidation sites excluding steroid dienone is 4. The van der Waals surface area contributed by atoms with Crippen molar-refractivity contribution < 1.29 is 0 Å². The number of benzene rings is 2. The maximum absolute atomic E-state index is 2.43. The molecule has 0 aliphatic heterocycles. The average Bonchev–Trinajstić information content (AvgIpc) is 3.58. The second kappa shape index (κ2) is 10.2. The van der Waals surface area contributed by atoms with E-state index in [9.17, 15) is 0 Å². The van der Waals surface area contributed by atoms with Crippen LogP contribution in [0, 0.1) is 12.8 Å². The average molecular weight is 402 g/mol. The molecule has 1 atom stereocenters. The van der Waals surface area contributed by atoms with Crippen LogP contribution in [-0.2, 0) is 6.42 Å². The van der Waals surface area contributed by atoms with Crippen LogP contribution in [0.25, 0.3) is 5.57 Å². The van der Waals surface area contributed by atoms with Gasteiger partial charge in [-0.05, 0) is 92.3 Å². The van der Waals surface area contributed by atoms with Crippen LogP contribution < -0.4 is 4.90 Å². The van der Waals surface area contributed by atoms with Gasteiger partial charge in [-0.15, -0.1) is 0 Å². The van der Waals surface area contributed by atoms with E-state index in [0.717, 1.165) is 18.8 Å². The minimum atomic E-state index is 0.339. The van der Waals surface area contributed by atoms with Crippen LogP contribution in [-0.4, -0.2) is 7.05 Å². The van der Waals surface area contributed by atoms with Gasteiger partial charge in [-0.25, -0.2) is 0 Å². The summed E-state index contributed by atoms with van der Waals surface area (Å²) in [6.07, 6.45) is 10.9. The molecule has 1 unspecified atom stereocenters. The Labute approximate surface area is 184 Å². The first-order chi connectivity index (χ1) is 14.4. The van der Waals surface area contributed by atoms with E-state index in [2.05, 4.69) is 101 Å². The maximum Gasteiger partial charge on any atom is 0.0511 e. The highest BCUT2D eigenvalue weighted by atomic mass is 15.1. The molecule has 0 spiro atoms. The molecule has 160 valence electrons. The number of anilines is 1. The van der Waals surface area contributed by atoms with Crippen molar-refractivity contribution in [2.24, 2.45) is 5.92 Å². The van der Waals surface area contributed by atoms with Gasteiger partial charge in [-0.2, -0.15) is 0 Å². The third-order valence-corrected chi connectivity index (χ3v) is 6.45. The lowest BCUT2D eigenvalue weighted by Gasteiger charge is -2.28. The summed E-state index contributed by atoms with van der Waals surface area (Å²) in [5.41, 5.74) is 9.83. The second-order valence-corrected chi connectivity index (χ2v) is 9.01. The van der Waals surface area contributed by atoms with Gasteiger partial charge in [0.05, 0.1) is 6.04 Å². The number of hydrogen-bond donors (Lipinski definition) is 0. The number of hydrogen-bond acceptors (Lipinski definition) is 1. The van der Waals surface area contributed by atoms with Gasteiger partial charge in [-0.1, -0.05) is 68.3 Å². The summed E-state index contributed by atoms with van der Waals surface area (Å²) in [6, 6.07) is 16.5. The summed E-state index contributed by atoms with van der Waals surface area (Å²) in [5, 5.41) is 0. The van der Waals surface area contributed by atoms with Gasteiger partial charge in [0.1, 0.15) is 0 Å². The molecule has 0 bridgehead atoms. The number of rotatable bonds is 9. The molecule has 0 amide bonds. The molecule has 1 aliphatic rings. The van der Waals surface area contributed by atoms with Crippen LogP contribution in [0.5, 0.6) is 0 Å². The van der Waals surface area contributed by atoms with Gasteiger partial charge in [0.25, 0.3) is 0 Å². The second-order valence-electron chi connectivity index (χ2n) is 9.01. The first-order valence-electron chi connectivity index (χ1n) is 11.8. The van der Waals surface area contributed by atoms with Crippen molar-refractivity contribution in [1.82, 2.24) is 0 Å². The molecule has 0 N–H and O–H groups in total. The first kappa shape index (κ1) is 22.4. The number of aryl methyl sites for hydroxylation is 2. The standard InChI is InChI=1S/C29H39N/c1-7-9-21(3)19-29(26-16-17-26)28-20-27(18-11-22(28)4)30(6)23(5)25-14-12-24(10-8-2)13-15-25/h9,11-15,18-20,23,26H,7-8,10,16-17H2,1-6H3/b21-9+,29-19-. The molecule has 0 aromatic heterocycles. The van der Waals surface area contributed by atoms with Crippen molar-refractivity contribution in [2.75, 3.05) is 11.9 Å². The Balaban J connectivity index is 1.88. The Bertz CT molecular complexity index is 896. The highest BCUT2D eigenvalue weighted by Gasteiger charge is 2.28. The Morgan fingerprint density at radius 1 is 1.10 bits per heavy atom. The molecule has 2 aromatic carbocycles. The molecular weight excluding hydrogens is 362 g/mol. The van der Waals surface area contributed by atoms with E-state index in [1.807, 2.05) is 0 Å². The van der Waals surface area contributed by atoms with Crippen LogP contribution in [0.2, 0.25) is 0 Å². The van der Waals surface area contributed by atoms with E-state index in [4.69, 9.17) is 0 Å². The Kier molecular flexibility index (Phi) is 7.58. The van der Waals surface area contributed by atoms with E-state index in [0.29, 0.717) is 6.04 Å². The molecule has 2 aromatic rings. The zero-order chi connectivity index (χ0) is 21.7. The van der Waals surface area contributed by atoms with Crippen molar-refractivity contribution >= 4 is 11.3 Å². The molecular formula is C29H39N. The SMILES string of the molecule is CC/C=C(C)/C=C(\c1cc(N(C)C(C)c2ccc(CCC)cc2)ccc1C)C1CC1. The van der Waals surface area contributed by atoms with Crippen LogP contribution in [0.15, 0.2) is 60.2 Å². The fourth-order valence-corrected chi connectivity index (χ4v) is 4.28. The van der Waals surface area contributed by atoms with Gasteiger partial charge >= 0.3 is 0 Å².